The molecule has 16 heavy (non-hydrogen) atoms. The Morgan fingerprint density at radius 3 is 2.75 bits per heavy atom. The molecule has 1 aromatic carbocycles. The van der Waals surface area contributed by atoms with Crippen molar-refractivity contribution in [1.29, 1.82) is 0 Å². The molecule has 0 bridgehead atoms. The summed E-state index contributed by atoms with van der Waals surface area (Å²) >= 11 is 11.7. The van der Waals surface area contributed by atoms with E-state index in [9.17, 15) is 4.79 Å². The third-order valence-corrected chi connectivity index (χ3v) is 2.63. The summed E-state index contributed by atoms with van der Waals surface area (Å²) < 4.78 is 5.45. The molecule has 0 saturated heterocycles. The highest BCUT2D eigenvalue weighted by Crippen LogP contribution is 2.28. The van der Waals surface area contributed by atoms with Crippen molar-refractivity contribution < 1.29 is 9.53 Å². The van der Waals surface area contributed by atoms with E-state index < -0.39 is 6.10 Å². The van der Waals surface area contributed by atoms with E-state index in [2.05, 4.69) is 10.5 Å². The first kappa shape index (κ1) is 11.2. The summed E-state index contributed by atoms with van der Waals surface area (Å²) in [5.41, 5.74) is 2.89. The first-order valence-corrected chi connectivity index (χ1v) is 5.29. The van der Waals surface area contributed by atoms with Gasteiger partial charge in [-0.3, -0.25) is 4.79 Å². The number of ether oxygens (including phenoxy) is 1. The lowest BCUT2D eigenvalue weighted by molar-refractivity contribution is -0.124. The number of rotatable bonds is 2. The van der Waals surface area contributed by atoms with Crippen LogP contribution in [0.5, 0.6) is 5.75 Å². The SMILES string of the molecule is CC1=NNC(=O)[C@H]1Oc1ccc(Cl)cc1Cl. The predicted molar refractivity (Wildman–Crippen MR) is 62.1 cm³/mol. The van der Waals surface area contributed by atoms with Crippen molar-refractivity contribution in [3.8, 4) is 5.75 Å². The van der Waals surface area contributed by atoms with Gasteiger partial charge in [-0.15, -0.1) is 0 Å². The Hall–Kier alpha value is -1.26. The van der Waals surface area contributed by atoms with E-state index in [4.69, 9.17) is 27.9 Å². The maximum Gasteiger partial charge on any atom is 0.287 e. The lowest BCUT2D eigenvalue weighted by Crippen LogP contribution is -2.33. The Morgan fingerprint density at radius 1 is 1.44 bits per heavy atom. The minimum Gasteiger partial charge on any atom is -0.473 e. The van der Waals surface area contributed by atoms with Gasteiger partial charge in [0.05, 0.1) is 10.7 Å². The number of carbonyl (C=O) groups excluding carboxylic acids is 1. The number of hydrogen-bond acceptors (Lipinski definition) is 3. The van der Waals surface area contributed by atoms with Crippen LogP contribution in [0.15, 0.2) is 23.3 Å². The number of halogens is 2. The largest absolute Gasteiger partial charge is 0.473 e. The van der Waals surface area contributed by atoms with Gasteiger partial charge in [0.25, 0.3) is 5.91 Å². The van der Waals surface area contributed by atoms with E-state index >= 15 is 0 Å². The van der Waals surface area contributed by atoms with Gasteiger partial charge in [-0.05, 0) is 25.1 Å². The molecule has 1 aliphatic heterocycles. The van der Waals surface area contributed by atoms with Crippen LogP contribution in [0.25, 0.3) is 0 Å². The van der Waals surface area contributed by atoms with Crippen molar-refractivity contribution in [1.82, 2.24) is 5.43 Å². The van der Waals surface area contributed by atoms with Crippen molar-refractivity contribution in [2.75, 3.05) is 0 Å². The first-order chi connectivity index (χ1) is 7.58. The standard InChI is InChI=1S/C10H8Cl2N2O2/c1-5-9(10(15)14-13-5)16-8-3-2-6(11)4-7(8)12/h2-4,9H,1H3,(H,14,15)/t9-/m0/s1. The molecule has 84 valence electrons. The van der Waals surface area contributed by atoms with Gasteiger partial charge < -0.3 is 4.74 Å². The van der Waals surface area contributed by atoms with Crippen LogP contribution in [0.2, 0.25) is 10.0 Å². The highest BCUT2D eigenvalue weighted by molar-refractivity contribution is 6.35. The number of carbonyl (C=O) groups is 1. The summed E-state index contributed by atoms with van der Waals surface area (Å²) in [7, 11) is 0. The smallest absolute Gasteiger partial charge is 0.287 e. The minimum absolute atomic E-state index is 0.302. The molecule has 0 aromatic heterocycles. The second-order valence-electron chi connectivity index (χ2n) is 3.30. The zero-order chi connectivity index (χ0) is 11.7. The van der Waals surface area contributed by atoms with E-state index in [1.165, 1.54) is 0 Å². The Kier molecular flexibility index (Phi) is 3.03. The Labute approximate surface area is 102 Å². The second kappa shape index (κ2) is 4.31. The number of nitrogens with one attached hydrogen (secondary N) is 1. The van der Waals surface area contributed by atoms with Gasteiger partial charge in [0.1, 0.15) is 5.75 Å². The van der Waals surface area contributed by atoms with Crippen LogP contribution >= 0.6 is 23.2 Å². The van der Waals surface area contributed by atoms with Crippen LogP contribution in [0.1, 0.15) is 6.92 Å². The van der Waals surface area contributed by atoms with Crippen molar-refractivity contribution in [2.24, 2.45) is 5.10 Å². The second-order valence-corrected chi connectivity index (χ2v) is 4.15. The highest BCUT2D eigenvalue weighted by Gasteiger charge is 2.29. The summed E-state index contributed by atoms with van der Waals surface area (Å²) in [6.07, 6.45) is -0.723. The Balaban J connectivity index is 2.21. The molecular weight excluding hydrogens is 251 g/mol. The van der Waals surface area contributed by atoms with E-state index in [-0.39, 0.29) is 5.91 Å². The van der Waals surface area contributed by atoms with Gasteiger partial charge in [-0.25, -0.2) is 5.43 Å². The molecule has 1 N–H and O–H groups in total. The van der Waals surface area contributed by atoms with Crippen LogP contribution in [0.3, 0.4) is 0 Å². The molecule has 0 unspecified atom stereocenters. The molecular formula is C10H8Cl2N2O2. The number of amides is 1. The molecule has 0 radical (unpaired) electrons. The molecule has 0 fully saturated rings. The van der Waals surface area contributed by atoms with Crippen LogP contribution < -0.4 is 10.2 Å². The summed E-state index contributed by atoms with van der Waals surface area (Å²) in [4.78, 5) is 11.3. The third kappa shape index (κ3) is 2.13. The van der Waals surface area contributed by atoms with Crippen LogP contribution in [-0.4, -0.2) is 17.7 Å². The number of hydrogen-bond donors (Lipinski definition) is 1. The number of benzene rings is 1. The third-order valence-electron chi connectivity index (χ3n) is 2.10. The number of hydrazone groups is 1. The Bertz CT molecular complexity index is 474. The minimum atomic E-state index is -0.723. The van der Waals surface area contributed by atoms with Crippen LogP contribution in [0, 0.1) is 0 Å². The van der Waals surface area contributed by atoms with Gasteiger partial charge in [0.15, 0.2) is 0 Å². The van der Waals surface area contributed by atoms with Crippen LogP contribution in [0.4, 0.5) is 0 Å². The molecule has 1 aliphatic rings. The predicted octanol–water partition coefficient (Wildman–Crippen LogP) is 2.25. The quantitative estimate of drug-likeness (QED) is 0.885. The summed E-state index contributed by atoms with van der Waals surface area (Å²) in [6.45, 7) is 1.70. The topological polar surface area (TPSA) is 50.7 Å². The molecule has 0 aliphatic carbocycles. The highest BCUT2D eigenvalue weighted by atomic mass is 35.5. The average molecular weight is 259 g/mol. The fourth-order valence-electron chi connectivity index (χ4n) is 1.29. The van der Waals surface area contributed by atoms with Gasteiger partial charge in [-0.2, -0.15) is 5.10 Å². The molecule has 0 saturated carbocycles. The molecule has 1 aromatic rings. The molecule has 0 spiro atoms. The lowest BCUT2D eigenvalue weighted by atomic mass is 10.2. The van der Waals surface area contributed by atoms with Gasteiger partial charge >= 0.3 is 0 Å². The van der Waals surface area contributed by atoms with Crippen molar-refractivity contribution in [2.45, 2.75) is 13.0 Å². The van der Waals surface area contributed by atoms with Gasteiger partial charge in [0.2, 0.25) is 6.10 Å². The van der Waals surface area contributed by atoms with E-state index in [0.29, 0.717) is 21.5 Å². The molecule has 1 atom stereocenters. The van der Waals surface area contributed by atoms with Crippen molar-refractivity contribution >= 4 is 34.8 Å². The molecule has 4 nitrogen and oxygen atoms in total. The maximum atomic E-state index is 11.3. The monoisotopic (exact) mass is 258 g/mol. The van der Waals surface area contributed by atoms with E-state index in [0.717, 1.165) is 0 Å². The molecule has 1 heterocycles. The van der Waals surface area contributed by atoms with Crippen molar-refractivity contribution in [3.05, 3.63) is 28.2 Å². The zero-order valence-electron chi connectivity index (χ0n) is 8.33. The van der Waals surface area contributed by atoms with Crippen LogP contribution in [-0.2, 0) is 4.79 Å². The lowest BCUT2D eigenvalue weighted by Gasteiger charge is -2.12. The van der Waals surface area contributed by atoms with Crippen molar-refractivity contribution in [3.63, 3.8) is 0 Å². The van der Waals surface area contributed by atoms with Gasteiger partial charge in [0, 0.05) is 5.02 Å². The zero-order valence-corrected chi connectivity index (χ0v) is 9.84. The fourth-order valence-corrected chi connectivity index (χ4v) is 1.74. The maximum absolute atomic E-state index is 11.3. The van der Waals surface area contributed by atoms with Gasteiger partial charge in [-0.1, -0.05) is 23.2 Å². The van der Waals surface area contributed by atoms with E-state index in [1.54, 1.807) is 25.1 Å². The normalized spacial score (nSPS) is 19.3. The summed E-state index contributed by atoms with van der Waals surface area (Å²) in [5.74, 6) is 0.103. The molecule has 1 amide bonds. The molecule has 6 heteroatoms. The summed E-state index contributed by atoms with van der Waals surface area (Å²) in [5, 5.41) is 4.64. The number of nitrogens with zero attached hydrogens (tertiary/aromatic N) is 1. The fraction of sp³-hybridized carbons (Fsp3) is 0.200. The first-order valence-electron chi connectivity index (χ1n) is 4.53. The molecule has 2 rings (SSSR count). The summed E-state index contributed by atoms with van der Waals surface area (Å²) in [6, 6.07) is 4.81. The van der Waals surface area contributed by atoms with E-state index in [1.807, 2.05) is 0 Å². The Morgan fingerprint density at radius 2 is 2.19 bits per heavy atom. The average Bonchev–Trinajstić information content (AvgIpc) is 2.53.